The maximum Gasteiger partial charge on any atom is 0.408 e. The number of aryl methyl sites for hydroxylation is 2. The van der Waals surface area contributed by atoms with E-state index in [0.717, 1.165) is 5.56 Å². The normalized spacial score (nSPS) is 13.0. The average Bonchev–Trinajstić information content (AvgIpc) is 2.78. The summed E-state index contributed by atoms with van der Waals surface area (Å²) in [6, 6.07) is 10.4. The largest absolute Gasteiger partial charge is 0.507 e. The van der Waals surface area contributed by atoms with Crippen LogP contribution in [0.25, 0.3) is 0 Å². The van der Waals surface area contributed by atoms with Crippen molar-refractivity contribution in [3.05, 3.63) is 59.2 Å². The zero-order chi connectivity index (χ0) is 27.9. The minimum absolute atomic E-state index is 0.0563. The molecule has 2 aromatic carbocycles. The first kappa shape index (κ1) is 29.7. The zero-order valence-electron chi connectivity index (χ0n) is 23.2. The summed E-state index contributed by atoms with van der Waals surface area (Å²) in [4.78, 5) is 41.7. The lowest BCUT2D eigenvalue weighted by Crippen LogP contribution is -2.52. The number of aromatic hydroxyl groups is 1. The van der Waals surface area contributed by atoms with Gasteiger partial charge in [-0.3, -0.25) is 9.59 Å². The predicted octanol–water partition coefficient (Wildman–Crippen LogP) is 5.48. The second-order valence-corrected chi connectivity index (χ2v) is 10.7. The fraction of sp³-hybridized carbons (Fsp3) is 0.483. The summed E-state index contributed by atoms with van der Waals surface area (Å²) in [5.41, 5.74) is 1.63. The first-order valence-electron chi connectivity index (χ1n) is 12.7. The summed E-state index contributed by atoms with van der Waals surface area (Å²) in [6.45, 7) is 14.7. The van der Waals surface area contributed by atoms with Crippen LogP contribution in [0.4, 0.5) is 10.5 Å². The second-order valence-electron chi connectivity index (χ2n) is 10.7. The Labute approximate surface area is 220 Å². The molecule has 2 atom stereocenters. The molecule has 2 aromatic rings. The van der Waals surface area contributed by atoms with Gasteiger partial charge in [0.15, 0.2) is 0 Å². The van der Waals surface area contributed by atoms with E-state index in [-0.39, 0.29) is 18.2 Å². The Bertz CT molecular complexity index is 1110. The number of benzene rings is 2. The van der Waals surface area contributed by atoms with Gasteiger partial charge in [0.05, 0.1) is 0 Å². The molecular weight excluding hydrogens is 470 g/mol. The predicted molar refractivity (Wildman–Crippen MR) is 145 cm³/mol. The van der Waals surface area contributed by atoms with Crippen molar-refractivity contribution in [2.75, 3.05) is 11.9 Å². The van der Waals surface area contributed by atoms with Crippen LogP contribution in [0.5, 0.6) is 5.75 Å². The van der Waals surface area contributed by atoms with Crippen molar-refractivity contribution >= 4 is 23.6 Å². The molecule has 0 saturated heterocycles. The molecule has 8 nitrogen and oxygen atoms in total. The first-order chi connectivity index (χ1) is 17.2. The Morgan fingerprint density at radius 1 is 1.00 bits per heavy atom. The van der Waals surface area contributed by atoms with E-state index in [0.29, 0.717) is 23.2 Å². The van der Waals surface area contributed by atoms with E-state index < -0.39 is 35.6 Å². The number of rotatable bonds is 9. The quantitative estimate of drug-likeness (QED) is 0.413. The van der Waals surface area contributed by atoms with Crippen LogP contribution in [0, 0.1) is 19.8 Å². The maximum absolute atomic E-state index is 13.9. The fourth-order valence-electron chi connectivity index (χ4n) is 4.08. The number of para-hydroxylation sites is 2. The Kier molecular flexibility index (Phi) is 10.1. The number of amides is 3. The van der Waals surface area contributed by atoms with Crippen LogP contribution >= 0.6 is 0 Å². The number of carbonyl (C=O) groups is 3. The highest BCUT2D eigenvalue weighted by atomic mass is 16.6. The molecule has 0 fully saturated rings. The van der Waals surface area contributed by atoms with Crippen molar-refractivity contribution in [1.29, 1.82) is 0 Å². The molecule has 3 N–H and O–H groups in total. The monoisotopic (exact) mass is 511 g/mol. The molecular formula is C29H41N3O5. The number of nitrogens with zero attached hydrogens (tertiary/aromatic N) is 1. The van der Waals surface area contributed by atoms with Crippen LogP contribution in [0.3, 0.4) is 0 Å². The summed E-state index contributed by atoms with van der Waals surface area (Å²) in [7, 11) is 0. The number of ether oxygens (including phenoxy) is 1. The SMILES string of the molecule is CCN(C(=O)C(CC(C)C)NC(=O)OC(C)(C)C)C(C(=O)Nc1ccccc1C)c1cccc(C)c1O. The molecule has 0 aliphatic carbocycles. The van der Waals surface area contributed by atoms with Crippen LogP contribution in [-0.4, -0.2) is 46.1 Å². The molecule has 37 heavy (non-hydrogen) atoms. The number of anilines is 1. The van der Waals surface area contributed by atoms with Gasteiger partial charge in [-0.25, -0.2) is 4.79 Å². The summed E-state index contributed by atoms with van der Waals surface area (Å²) < 4.78 is 5.39. The van der Waals surface area contributed by atoms with Crippen LogP contribution in [0.2, 0.25) is 0 Å². The number of phenolic OH excluding ortho intramolecular Hbond substituents is 1. The molecule has 0 aliphatic heterocycles. The molecule has 0 aromatic heterocycles. The van der Waals surface area contributed by atoms with Crippen LogP contribution in [0.15, 0.2) is 42.5 Å². The van der Waals surface area contributed by atoms with Crippen molar-refractivity contribution in [2.45, 2.75) is 79.5 Å². The van der Waals surface area contributed by atoms with Crippen molar-refractivity contribution in [3.63, 3.8) is 0 Å². The minimum atomic E-state index is -1.13. The molecule has 0 bridgehead atoms. The van der Waals surface area contributed by atoms with E-state index in [1.807, 2.05) is 39.0 Å². The zero-order valence-corrected chi connectivity index (χ0v) is 23.2. The lowest BCUT2D eigenvalue weighted by Gasteiger charge is -2.34. The van der Waals surface area contributed by atoms with Gasteiger partial charge < -0.3 is 25.4 Å². The summed E-state index contributed by atoms with van der Waals surface area (Å²) in [5.74, 6) is -0.882. The highest BCUT2D eigenvalue weighted by Crippen LogP contribution is 2.33. The fourth-order valence-corrected chi connectivity index (χ4v) is 4.08. The Morgan fingerprint density at radius 3 is 2.19 bits per heavy atom. The third-order valence-corrected chi connectivity index (χ3v) is 5.85. The smallest absolute Gasteiger partial charge is 0.408 e. The van der Waals surface area contributed by atoms with E-state index in [9.17, 15) is 19.5 Å². The minimum Gasteiger partial charge on any atom is -0.507 e. The van der Waals surface area contributed by atoms with Crippen molar-refractivity contribution in [2.24, 2.45) is 5.92 Å². The van der Waals surface area contributed by atoms with Gasteiger partial charge in [0.1, 0.15) is 23.4 Å². The van der Waals surface area contributed by atoms with Gasteiger partial charge in [-0.05, 0) is 71.1 Å². The van der Waals surface area contributed by atoms with Gasteiger partial charge in [0.25, 0.3) is 5.91 Å². The molecule has 0 spiro atoms. The summed E-state index contributed by atoms with van der Waals surface area (Å²) in [5, 5.41) is 16.5. The van der Waals surface area contributed by atoms with Crippen LogP contribution in [-0.2, 0) is 14.3 Å². The third kappa shape index (κ3) is 8.23. The third-order valence-electron chi connectivity index (χ3n) is 5.85. The topological polar surface area (TPSA) is 108 Å². The second kappa shape index (κ2) is 12.6. The van der Waals surface area contributed by atoms with E-state index >= 15 is 0 Å². The van der Waals surface area contributed by atoms with E-state index in [1.54, 1.807) is 58.9 Å². The van der Waals surface area contributed by atoms with Gasteiger partial charge >= 0.3 is 6.09 Å². The van der Waals surface area contributed by atoms with Gasteiger partial charge in [-0.2, -0.15) is 0 Å². The van der Waals surface area contributed by atoms with Crippen molar-refractivity contribution in [1.82, 2.24) is 10.2 Å². The highest BCUT2D eigenvalue weighted by Gasteiger charge is 2.37. The maximum atomic E-state index is 13.9. The van der Waals surface area contributed by atoms with Gasteiger partial charge in [0, 0.05) is 17.8 Å². The number of hydrogen-bond donors (Lipinski definition) is 3. The number of hydrogen-bond acceptors (Lipinski definition) is 5. The Morgan fingerprint density at radius 2 is 1.62 bits per heavy atom. The molecule has 0 radical (unpaired) electrons. The molecule has 202 valence electrons. The number of likely N-dealkylation sites (N-methyl/N-ethyl adjacent to an activating group) is 1. The van der Waals surface area contributed by atoms with Gasteiger partial charge in [-0.15, -0.1) is 0 Å². The van der Waals surface area contributed by atoms with E-state index in [2.05, 4.69) is 10.6 Å². The molecule has 2 unspecified atom stereocenters. The molecule has 0 heterocycles. The summed E-state index contributed by atoms with van der Waals surface area (Å²) >= 11 is 0. The van der Waals surface area contributed by atoms with E-state index in [1.165, 1.54) is 4.90 Å². The lowest BCUT2D eigenvalue weighted by molar-refractivity contribution is -0.140. The van der Waals surface area contributed by atoms with Gasteiger partial charge in [-0.1, -0.05) is 50.2 Å². The number of alkyl carbamates (subject to hydrolysis) is 1. The molecule has 8 heteroatoms. The van der Waals surface area contributed by atoms with Crippen molar-refractivity contribution < 1.29 is 24.2 Å². The number of nitrogens with one attached hydrogen (secondary N) is 2. The molecule has 0 aliphatic rings. The molecule has 3 amide bonds. The lowest BCUT2D eigenvalue weighted by atomic mass is 9.97. The molecule has 0 saturated carbocycles. The number of phenols is 1. The number of carbonyl (C=O) groups excluding carboxylic acids is 3. The first-order valence-corrected chi connectivity index (χ1v) is 12.7. The van der Waals surface area contributed by atoms with Crippen molar-refractivity contribution in [3.8, 4) is 5.75 Å². The van der Waals surface area contributed by atoms with E-state index in [4.69, 9.17) is 4.74 Å². The average molecular weight is 512 g/mol. The standard InChI is InChI=1S/C29H41N3O5/c1-9-32(27(35)23(17-18(2)3)31-28(36)37-29(6,7)8)24(21-15-12-14-20(5)25(21)33)26(34)30-22-16-11-10-13-19(22)4/h10-16,18,23-24,33H,9,17H2,1-8H3,(H,30,34)(H,31,36). The highest BCUT2D eigenvalue weighted by molar-refractivity contribution is 5.99. The van der Waals surface area contributed by atoms with Crippen LogP contribution in [0.1, 0.15) is 70.7 Å². The Balaban J connectivity index is 2.52. The molecule has 2 rings (SSSR count). The summed E-state index contributed by atoms with van der Waals surface area (Å²) in [6.07, 6.45) is -0.359. The van der Waals surface area contributed by atoms with Gasteiger partial charge in [0.2, 0.25) is 5.91 Å². The van der Waals surface area contributed by atoms with Crippen LogP contribution < -0.4 is 10.6 Å². The Hall–Kier alpha value is -3.55.